The molecule has 0 aromatic heterocycles. The maximum absolute atomic E-state index is 9.00. The van der Waals surface area contributed by atoms with Gasteiger partial charge in [0.25, 0.3) is 5.97 Å². The van der Waals surface area contributed by atoms with Crippen LogP contribution in [0, 0.1) is 17.3 Å². The van der Waals surface area contributed by atoms with E-state index < -0.39 is 5.97 Å². The molecule has 0 radical (unpaired) electrons. The summed E-state index contributed by atoms with van der Waals surface area (Å²) in [7, 11) is 0. The van der Waals surface area contributed by atoms with Crippen LogP contribution in [0.15, 0.2) is 0 Å². The van der Waals surface area contributed by atoms with Gasteiger partial charge in [-0.2, -0.15) is 0 Å². The molecular weight excluding hydrogens is 164 g/mol. The van der Waals surface area contributed by atoms with Gasteiger partial charge in [-0.05, 0) is 17.3 Å². The Labute approximate surface area is 82.4 Å². The molecule has 13 heavy (non-hydrogen) atoms. The molecule has 0 aliphatic carbocycles. The standard InChI is InChI=1S/C9H20.C2H4O2/c1-7(2)8(3)9(4,5)6;1-2(3)4/h7-8H,1-6H3;1H3,(H,3,4). The third-order valence-corrected chi connectivity index (χ3v) is 2.37. The third kappa shape index (κ3) is 11.5. The van der Waals surface area contributed by atoms with E-state index in [9.17, 15) is 0 Å². The zero-order chi connectivity index (χ0) is 11.2. The first-order chi connectivity index (χ1) is 5.59. The van der Waals surface area contributed by atoms with E-state index in [2.05, 4.69) is 41.5 Å². The maximum Gasteiger partial charge on any atom is 0.300 e. The van der Waals surface area contributed by atoms with Crippen LogP contribution in [0.25, 0.3) is 0 Å². The minimum atomic E-state index is -0.833. The summed E-state index contributed by atoms with van der Waals surface area (Å²) < 4.78 is 0. The molecule has 0 aromatic carbocycles. The molecule has 2 heteroatoms. The molecule has 0 saturated carbocycles. The average Bonchev–Trinajstić information content (AvgIpc) is 1.82. The van der Waals surface area contributed by atoms with Gasteiger partial charge in [-0.1, -0.05) is 41.5 Å². The van der Waals surface area contributed by atoms with Crippen LogP contribution in [0.2, 0.25) is 0 Å². The van der Waals surface area contributed by atoms with Crippen molar-refractivity contribution < 1.29 is 9.90 Å². The molecule has 0 fully saturated rings. The lowest BCUT2D eigenvalue weighted by molar-refractivity contribution is -0.134. The predicted octanol–water partition coefficient (Wildman–Crippen LogP) is 3.42. The number of carbonyl (C=O) groups is 1. The van der Waals surface area contributed by atoms with Crippen molar-refractivity contribution in [3.8, 4) is 0 Å². The normalized spacial score (nSPS) is 13.2. The number of carboxylic acids is 1. The lowest BCUT2D eigenvalue weighted by atomic mass is 9.76. The van der Waals surface area contributed by atoms with Crippen molar-refractivity contribution in [1.82, 2.24) is 0 Å². The minimum Gasteiger partial charge on any atom is -0.481 e. The molecule has 2 nitrogen and oxygen atoms in total. The van der Waals surface area contributed by atoms with Gasteiger partial charge in [0.15, 0.2) is 0 Å². The Bertz CT molecular complexity index is 139. The maximum atomic E-state index is 9.00. The first kappa shape index (κ1) is 15.0. The molecule has 1 unspecified atom stereocenters. The van der Waals surface area contributed by atoms with Crippen LogP contribution in [0.4, 0.5) is 0 Å². The van der Waals surface area contributed by atoms with Gasteiger partial charge in [-0.15, -0.1) is 0 Å². The Morgan fingerprint density at radius 3 is 1.38 bits per heavy atom. The summed E-state index contributed by atoms with van der Waals surface area (Å²) in [4.78, 5) is 9.00. The van der Waals surface area contributed by atoms with Crippen molar-refractivity contribution in [3.63, 3.8) is 0 Å². The molecule has 0 aliphatic rings. The molecule has 0 amide bonds. The van der Waals surface area contributed by atoms with E-state index in [1.165, 1.54) is 0 Å². The first-order valence-corrected chi connectivity index (χ1v) is 4.78. The topological polar surface area (TPSA) is 37.3 Å². The van der Waals surface area contributed by atoms with Gasteiger partial charge in [0.05, 0.1) is 0 Å². The number of hydrogen-bond donors (Lipinski definition) is 1. The lowest BCUT2D eigenvalue weighted by Gasteiger charge is -2.30. The summed E-state index contributed by atoms with van der Waals surface area (Å²) in [6.07, 6.45) is 0. The van der Waals surface area contributed by atoms with Crippen LogP contribution < -0.4 is 0 Å². The summed E-state index contributed by atoms with van der Waals surface area (Å²) in [5, 5.41) is 7.42. The minimum absolute atomic E-state index is 0.480. The number of hydrogen-bond acceptors (Lipinski definition) is 1. The van der Waals surface area contributed by atoms with Gasteiger partial charge in [0, 0.05) is 6.92 Å². The van der Waals surface area contributed by atoms with E-state index in [-0.39, 0.29) is 0 Å². The van der Waals surface area contributed by atoms with Crippen LogP contribution in [-0.4, -0.2) is 11.1 Å². The Hall–Kier alpha value is -0.530. The average molecular weight is 188 g/mol. The van der Waals surface area contributed by atoms with Gasteiger partial charge in [0.2, 0.25) is 0 Å². The highest BCUT2D eigenvalue weighted by Crippen LogP contribution is 2.30. The second-order valence-electron chi connectivity index (χ2n) is 4.92. The van der Waals surface area contributed by atoms with Crippen LogP contribution in [0.3, 0.4) is 0 Å². The molecule has 80 valence electrons. The Kier molecular flexibility index (Phi) is 6.91. The fourth-order valence-corrected chi connectivity index (χ4v) is 1.00. The van der Waals surface area contributed by atoms with Crippen molar-refractivity contribution in [2.75, 3.05) is 0 Å². The van der Waals surface area contributed by atoms with E-state index >= 15 is 0 Å². The fraction of sp³-hybridized carbons (Fsp3) is 0.909. The highest BCUT2D eigenvalue weighted by molar-refractivity contribution is 5.62. The summed E-state index contributed by atoms with van der Waals surface area (Å²) in [6, 6.07) is 0. The molecule has 0 heterocycles. The summed E-state index contributed by atoms with van der Waals surface area (Å²) in [5.41, 5.74) is 0.480. The van der Waals surface area contributed by atoms with Crippen molar-refractivity contribution >= 4 is 5.97 Å². The largest absolute Gasteiger partial charge is 0.481 e. The molecule has 0 bridgehead atoms. The van der Waals surface area contributed by atoms with Crippen LogP contribution in [0.5, 0.6) is 0 Å². The number of rotatable bonds is 1. The van der Waals surface area contributed by atoms with E-state index in [0.717, 1.165) is 18.8 Å². The second kappa shape index (κ2) is 6.01. The Morgan fingerprint density at radius 1 is 1.15 bits per heavy atom. The molecule has 0 spiro atoms. The predicted molar refractivity (Wildman–Crippen MR) is 56.8 cm³/mol. The molecule has 0 aliphatic heterocycles. The van der Waals surface area contributed by atoms with Crippen molar-refractivity contribution in [2.45, 2.75) is 48.5 Å². The quantitative estimate of drug-likeness (QED) is 0.684. The highest BCUT2D eigenvalue weighted by atomic mass is 16.4. The zero-order valence-electron chi connectivity index (χ0n) is 10.0. The van der Waals surface area contributed by atoms with Crippen LogP contribution in [0.1, 0.15) is 48.5 Å². The summed E-state index contributed by atoms with van der Waals surface area (Å²) in [6.45, 7) is 14.9. The highest BCUT2D eigenvalue weighted by Gasteiger charge is 2.22. The molecular formula is C11H24O2. The Morgan fingerprint density at radius 2 is 1.38 bits per heavy atom. The van der Waals surface area contributed by atoms with E-state index in [1.807, 2.05) is 0 Å². The van der Waals surface area contributed by atoms with Crippen LogP contribution >= 0.6 is 0 Å². The molecule has 1 atom stereocenters. The van der Waals surface area contributed by atoms with E-state index in [1.54, 1.807) is 0 Å². The Balaban J connectivity index is 0. The van der Waals surface area contributed by atoms with Crippen molar-refractivity contribution in [2.24, 2.45) is 17.3 Å². The van der Waals surface area contributed by atoms with Gasteiger partial charge >= 0.3 is 0 Å². The summed E-state index contributed by atoms with van der Waals surface area (Å²) >= 11 is 0. The SMILES string of the molecule is CC(=O)O.CC(C)C(C)C(C)(C)C. The van der Waals surface area contributed by atoms with E-state index in [4.69, 9.17) is 9.90 Å². The van der Waals surface area contributed by atoms with Gasteiger partial charge < -0.3 is 5.11 Å². The molecule has 1 N–H and O–H groups in total. The number of aliphatic carboxylic acids is 1. The van der Waals surface area contributed by atoms with Crippen molar-refractivity contribution in [3.05, 3.63) is 0 Å². The van der Waals surface area contributed by atoms with Gasteiger partial charge in [0.1, 0.15) is 0 Å². The molecule has 0 rings (SSSR count). The monoisotopic (exact) mass is 188 g/mol. The third-order valence-electron chi connectivity index (χ3n) is 2.37. The summed E-state index contributed by atoms with van der Waals surface area (Å²) in [5.74, 6) is 0.794. The molecule has 0 aromatic rings. The van der Waals surface area contributed by atoms with Gasteiger partial charge in [-0.3, -0.25) is 4.79 Å². The lowest BCUT2D eigenvalue weighted by Crippen LogP contribution is -2.21. The fourth-order valence-electron chi connectivity index (χ4n) is 1.00. The smallest absolute Gasteiger partial charge is 0.300 e. The van der Waals surface area contributed by atoms with Gasteiger partial charge in [-0.25, -0.2) is 0 Å². The van der Waals surface area contributed by atoms with E-state index in [0.29, 0.717) is 5.41 Å². The zero-order valence-corrected chi connectivity index (χ0v) is 10.0. The van der Waals surface area contributed by atoms with Crippen molar-refractivity contribution in [1.29, 1.82) is 0 Å². The second-order valence-corrected chi connectivity index (χ2v) is 4.92. The first-order valence-electron chi connectivity index (χ1n) is 4.78. The molecule has 0 saturated heterocycles. The number of carboxylic acid groups (broad SMARTS) is 1. The van der Waals surface area contributed by atoms with Crippen LogP contribution in [-0.2, 0) is 4.79 Å².